The Kier molecular flexibility index (Phi) is 5.85. The molecule has 1 aliphatic carbocycles. The molecule has 0 spiro atoms. The molecule has 1 saturated carbocycles. The minimum absolute atomic E-state index is 0.0802. The standard InChI is InChI=1S/C12H23N3OS/c1-3-7-14-12(16)9(2)15(10-4-5-10)8-6-11(13)17/h9-10H,3-8H2,1-2H3,(H2,13,17)(H,14,16). The molecule has 0 aromatic heterocycles. The lowest BCUT2D eigenvalue weighted by Crippen LogP contribution is -2.47. The van der Waals surface area contributed by atoms with E-state index in [4.69, 9.17) is 18.0 Å². The van der Waals surface area contributed by atoms with Crippen molar-refractivity contribution in [3.63, 3.8) is 0 Å². The molecule has 0 aromatic rings. The van der Waals surface area contributed by atoms with Gasteiger partial charge in [-0.05, 0) is 26.2 Å². The van der Waals surface area contributed by atoms with E-state index in [2.05, 4.69) is 17.1 Å². The molecule has 1 aliphatic rings. The van der Waals surface area contributed by atoms with E-state index in [1.807, 2.05) is 6.92 Å². The van der Waals surface area contributed by atoms with Crippen LogP contribution in [-0.2, 0) is 4.79 Å². The number of hydrogen-bond donors (Lipinski definition) is 2. The summed E-state index contributed by atoms with van der Waals surface area (Å²) in [4.78, 5) is 14.7. The molecule has 4 nitrogen and oxygen atoms in total. The molecule has 0 radical (unpaired) electrons. The molecule has 0 aliphatic heterocycles. The SMILES string of the molecule is CCCNC(=O)C(C)N(CCC(N)=S)C1CC1. The van der Waals surface area contributed by atoms with Crippen LogP contribution in [0.25, 0.3) is 0 Å². The summed E-state index contributed by atoms with van der Waals surface area (Å²) in [6, 6.07) is 0.468. The molecule has 1 fully saturated rings. The summed E-state index contributed by atoms with van der Waals surface area (Å²) in [5.41, 5.74) is 5.52. The van der Waals surface area contributed by atoms with Crippen molar-refractivity contribution in [3.8, 4) is 0 Å². The van der Waals surface area contributed by atoms with Gasteiger partial charge in [-0.25, -0.2) is 0 Å². The molecule has 3 N–H and O–H groups in total. The fourth-order valence-electron chi connectivity index (χ4n) is 1.88. The molecular weight excluding hydrogens is 234 g/mol. The molecule has 1 unspecified atom stereocenters. The summed E-state index contributed by atoms with van der Waals surface area (Å²) in [6.45, 7) is 5.55. The molecule has 1 amide bonds. The molecule has 0 saturated heterocycles. The smallest absolute Gasteiger partial charge is 0.237 e. The third-order valence-electron chi connectivity index (χ3n) is 3.06. The van der Waals surface area contributed by atoms with Gasteiger partial charge in [-0.2, -0.15) is 0 Å². The highest BCUT2D eigenvalue weighted by atomic mass is 32.1. The van der Waals surface area contributed by atoms with Gasteiger partial charge < -0.3 is 11.1 Å². The lowest BCUT2D eigenvalue weighted by molar-refractivity contribution is -0.126. The predicted molar refractivity (Wildman–Crippen MR) is 73.9 cm³/mol. The van der Waals surface area contributed by atoms with Gasteiger partial charge in [-0.15, -0.1) is 0 Å². The zero-order valence-electron chi connectivity index (χ0n) is 10.7. The Bertz CT molecular complexity index is 279. The van der Waals surface area contributed by atoms with Crippen LogP contribution in [0.4, 0.5) is 0 Å². The third-order valence-corrected chi connectivity index (χ3v) is 3.26. The highest BCUT2D eigenvalue weighted by Crippen LogP contribution is 2.28. The van der Waals surface area contributed by atoms with E-state index >= 15 is 0 Å². The number of nitrogens with zero attached hydrogens (tertiary/aromatic N) is 1. The van der Waals surface area contributed by atoms with Crippen molar-refractivity contribution < 1.29 is 4.79 Å². The zero-order chi connectivity index (χ0) is 12.8. The largest absolute Gasteiger partial charge is 0.393 e. The van der Waals surface area contributed by atoms with E-state index in [0.29, 0.717) is 17.5 Å². The third kappa shape index (κ3) is 5.00. The molecule has 0 bridgehead atoms. The van der Waals surface area contributed by atoms with Gasteiger partial charge in [0.25, 0.3) is 0 Å². The Morgan fingerprint density at radius 3 is 2.71 bits per heavy atom. The van der Waals surface area contributed by atoms with Crippen LogP contribution in [0, 0.1) is 0 Å². The first-order chi connectivity index (χ1) is 8.06. The van der Waals surface area contributed by atoms with Crippen molar-refractivity contribution in [2.24, 2.45) is 5.73 Å². The van der Waals surface area contributed by atoms with Gasteiger partial charge in [0, 0.05) is 25.6 Å². The van der Waals surface area contributed by atoms with Crippen molar-refractivity contribution in [1.82, 2.24) is 10.2 Å². The molecule has 1 rings (SSSR count). The van der Waals surface area contributed by atoms with Gasteiger partial charge >= 0.3 is 0 Å². The summed E-state index contributed by atoms with van der Waals surface area (Å²) < 4.78 is 0. The first-order valence-corrected chi connectivity index (χ1v) is 6.78. The monoisotopic (exact) mass is 257 g/mol. The Labute approximate surface area is 109 Å². The van der Waals surface area contributed by atoms with Crippen LogP contribution < -0.4 is 11.1 Å². The highest BCUT2D eigenvalue weighted by Gasteiger charge is 2.34. The van der Waals surface area contributed by atoms with E-state index < -0.39 is 0 Å². The van der Waals surface area contributed by atoms with Crippen molar-refractivity contribution in [2.45, 2.75) is 51.6 Å². The molecule has 98 valence electrons. The van der Waals surface area contributed by atoms with E-state index in [9.17, 15) is 4.79 Å². The fourth-order valence-corrected chi connectivity index (χ4v) is 1.98. The van der Waals surface area contributed by atoms with Crippen molar-refractivity contribution in [2.75, 3.05) is 13.1 Å². The second-order valence-electron chi connectivity index (χ2n) is 4.65. The molecule has 0 aromatic carbocycles. The lowest BCUT2D eigenvalue weighted by atomic mass is 10.2. The van der Waals surface area contributed by atoms with Crippen LogP contribution in [0.15, 0.2) is 0 Å². The van der Waals surface area contributed by atoms with Gasteiger partial charge in [0.05, 0.1) is 11.0 Å². The number of nitrogens with one attached hydrogen (secondary N) is 1. The van der Waals surface area contributed by atoms with Crippen molar-refractivity contribution >= 4 is 23.1 Å². The Balaban J connectivity index is 2.44. The van der Waals surface area contributed by atoms with E-state index in [1.54, 1.807) is 0 Å². The van der Waals surface area contributed by atoms with Crippen LogP contribution in [-0.4, -0.2) is 41.0 Å². The average Bonchev–Trinajstić information content (AvgIpc) is 3.09. The maximum absolute atomic E-state index is 11.9. The normalized spacial score (nSPS) is 16.9. The maximum atomic E-state index is 11.9. The summed E-state index contributed by atoms with van der Waals surface area (Å²) >= 11 is 4.89. The van der Waals surface area contributed by atoms with Crippen molar-refractivity contribution in [3.05, 3.63) is 0 Å². The average molecular weight is 257 g/mol. The zero-order valence-corrected chi connectivity index (χ0v) is 11.6. The quantitative estimate of drug-likeness (QED) is 0.638. The van der Waals surface area contributed by atoms with Gasteiger partial charge in [0.1, 0.15) is 0 Å². The van der Waals surface area contributed by atoms with Crippen LogP contribution in [0.2, 0.25) is 0 Å². The molecule has 1 atom stereocenters. The molecule has 0 heterocycles. The summed E-state index contributed by atoms with van der Waals surface area (Å²) in [5.74, 6) is 0.113. The van der Waals surface area contributed by atoms with Gasteiger partial charge in [0.2, 0.25) is 5.91 Å². The maximum Gasteiger partial charge on any atom is 0.237 e. The number of rotatable bonds is 8. The first kappa shape index (κ1) is 14.4. The topological polar surface area (TPSA) is 58.4 Å². The van der Waals surface area contributed by atoms with Crippen LogP contribution in [0.1, 0.15) is 39.5 Å². The lowest BCUT2D eigenvalue weighted by Gasteiger charge is -2.28. The van der Waals surface area contributed by atoms with Crippen molar-refractivity contribution in [1.29, 1.82) is 0 Å². The van der Waals surface area contributed by atoms with Gasteiger partial charge in [-0.3, -0.25) is 9.69 Å². The van der Waals surface area contributed by atoms with E-state index in [0.717, 1.165) is 19.5 Å². The van der Waals surface area contributed by atoms with Gasteiger partial charge in [0.15, 0.2) is 0 Å². The summed E-state index contributed by atoms with van der Waals surface area (Å²) in [5, 5.41) is 2.94. The number of carbonyl (C=O) groups is 1. The number of thiocarbonyl (C=S) groups is 1. The second-order valence-corrected chi connectivity index (χ2v) is 5.18. The fraction of sp³-hybridized carbons (Fsp3) is 0.833. The van der Waals surface area contributed by atoms with E-state index in [-0.39, 0.29) is 11.9 Å². The Morgan fingerprint density at radius 1 is 1.59 bits per heavy atom. The van der Waals surface area contributed by atoms with Crippen LogP contribution in [0.3, 0.4) is 0 Å². The number of carbonyl (C=O) groups excluding carboxylic acids is 1. The van der Waals surface area contributed by atoms with E-state index in [1.165, 1.54) is 12.8 Å². The summed E-state index contributed by atoms with van der Waals surface area (Å²) in [6.07, 6.45) is 4.03. The van der Waals surface area contributed by atoms with Crippen LogP contribution >= 0.6 is 12.2 Å². The number of nitrogens with two attached hydrogens (primary N) is 1. The Hall–Kier alpha value is -0.680. The van der Waals surface area contributed by atoms with Gasteiger partial charge in [-0.1, -0.05) is 19.1 Å². The molecule has 17 heavy (non-hydrogen) atoms. The minimum atomic E-state index is -0.0802. The van der Waals surface area contributed by atoms with Crippen LogP contribution in [0.5, 0.6) is 0 Å². The Morgan fingerprint density at radius 2 is 2.24 bits per heavy atom. The second kappa shape index (κ2) is 6.91. The number of amides is 1. The minimum Gasteiger partial charge on any atom is -0.393 e. The number of hydrogen-bond acceptors (Lipinski definition) is 3. The summed E-state index contributed by atoms with van der Waals surface area (Å²) in [7, 11) is 0. The molecule has 5 heteroatoms. The highest BCUT2D eigenvalue weighted by molar-refractivity contribution is 7.80. The predicted octanol–water partition coefficient (Wildman–Crippen LogP) is 1.04. The first-order valence-electron chi connectivity index (χ1n) is 6.38. The molecular formula is C12H23N3OS.